The Morgan fingerprint density at radius 2 is 1.52 bits per heavy atom. The van der Waals surface area contributed by atoms with Crippen LogP contribution >= 0.6 is 11.8 Å². The Kier molecular flexibility index (Phi) is 3.55. The van der Waals surface area contributed by atoms with Gasteiger partial charge in [-0.3, -0.25) is 9.69 Å². The van der Waals surface area contributed by atoms with E-state index in [2.05, 4.69) is 4.99 Å². The maximum absolute atomic E-state index is 12.7. The van der Waals surface area contributed by atoms with Crippen molar-refractivity contribution in [1.82, 2.24) is 0 Å². The predicted octanol–water partition coefficient (Wildman–Crippen LogP) is 4.23. The summed E-state index contributed by atoms with van der Waals surface area (Å²) in [7, 11) is 0. The number of benzene rings is 2. The van der Waals surface area contributed by atoms with Crippen LogP contribution in [-0.2, 0) is 4.79 Å². The maximum Gasteiger partial charge on any atom is 0.249 e. The second-order valence-electron chi connectivity index (χ2n) is 5.32. The minimum atomic E-state index is -0.497. The van der Waals surface area contributed by atoms with Crippen molar-refractivity contribution in [2.45, 2.75) is 18.6 Å². The monoisotopic (exact) mass is 296 g/mol. The van der Waals surface area contributed by atoms with Gasteiger partial charge in [-0.2, -0.15) is 0 Å². The van der Waals surface area contributed by atoms with Crippen molar-refractivity contribution in [3.8, 4) is 0 Å². The molecule has 0 aliphatic carbocycles. The van der Waals surface area contributed by atoms with Crippen LogP contribution in [0.25, 0.3) is 0 Å². The number of aliphatic imine (C=N–C) groups is 1. The van der Waals surface area contributed by atoms with Crippen LogP contribution in [0.5, 0.6) is 0 Å². The number of carbonyl (C=O) groups excluding carboxylic acids is 1. The Labute approximate surface area is 128 Å². The van der Waals surface area contributed by atoms with Crippen molar-refractivity contribution in [3.63, 3.8) is 0 Å². The largest absolute Gasteiger partial charge is 0.272 e. The second-order valence-corrected chi connectivity index (χ2v) is 6.91. The quantitative estimate of drug-likeness (QED) is 0.830. The molecule has 1 saturated heterocycles. The topological polar surface area (TPSA) is 32.7 Å². The molecule has 1 amide bonds. The molecule has 21 heavy (non-hydrogen) atoms. The lowest BCUT2D eigenvalue weighted by atomic mass is 10.1. The summed E-state index contributed by atoms with van der Waals surface area (Å²) in [6.07, 6.45) is 0. The molecular weight excluding hydrogens is 280 g/mol. The summed E-state index contributed by atoms with van der Waals surface area (Å²) in [4.78, 5) is 19.0. The molecule has 1 aliphatic heterocycles. The van der Waals surface area contributed by atoms with Gasteiger partial charge in [0.05, 0.1) is 16.1 Å². The molecule has 0 bridgehead atoms. The molecule has 2 aromatic rings. The molecule has 0 atom stereocenters. The van der Waals surface area contributed by atoms with E-state index >= 15 is 0 Å². The molecule has 0 unspecified atom stereocenters. The molecule has 106 valence electrons. The van der Waals surface area contributed by atoms with Crippen LogP contribution in [-0.4, -0.2) is 15.8 Å². The summed E-state index contributed by atoms with van der Waals surface area (Å²) >= 11 is 1.50. The van der Waals surface area contributed by atoms with Gasteiger partial charge in [0.15, 0.2) is 5.17 Å². The Morgan fingerprint density at radius 1 is 0.952 bits per heavy atom. The van der Waals surface area contributed by atoms with Gasteiger partial charge in [0.25, 0.3) is 0 Å². The van der Waals surface area contributed by atoms with Gasteiger partial charge in [0, 0.05) is 0 Å². The molecular formula is C17H16N2OS. The van der Waals surface area contributed by atoms with E-state index in [4.69, 9.17) is 0 Å². The molecule has 1 fully saturated rings. The fourth-order valence-corrected chi connectivity index (χ4v) is 3.23. The highest BCUT2D eigenvalue weighted by Crippen LogP contribution is 2.40. The van der Waals surface area contributed by atoms with Gasteiger partial charge in [-0.15, -0.1) is 0 Å². The van der Waals surface area contributed by atoms with Crippen molar-refractivity contribution in [2.75, 3.05) is 4.90 Å². The minimum Gasteiger partial charge on any atom is -0.272 e. The van der Waals surface area contributed by atoms with Crippen molar-refractivity contribution in [1.29, 1.82) is 0 Å². The Hall–Kier alpha value is -2.07. The molecule has 4 heteroatoms. The highest BCUT2D eigenvalue weighted by atomic mass is 32.2. The van der Waals surface area contributed by atoms with Gasteiger partial charge >= 0.3 is 0 Å². The number of amidine groups is 1. The number of para-hydroxylation sites is 2. The molecule has 2 aromatic carbocycles. The Balaban J connectivity index is 2.06. The molecule has 1 heterocycles. The van der Waals surface area contributed by atoms with Crippen LogP contribution < -0.4 is 4.90 Å². The molecule has 0 aromatic heterocycles. The standard InChI is InChI=1S/C17H16N2OS/c1-17(2)15(20)19(14-11-7-4-8-12-14)16(21-17)18-13-9-5-3-6-10-13/h3-12H,1-2H3. The number of amides is 1. The smallest absolute Gasteiger partial charge is 0.249 e. The summed E-state index contributed by atoms with van der Waals surface area (Å²) in [6, 6.07) is 19.4. The van der Waals surface area contributed by atoms with E-state index in [1.165, 1.54) is 11.8 Å². The third kappa shape index (κ3) is 2.72. The van der Waals surface area contributed by atoms with Crippen LogP contribution in [0.1, 0.15) is 13.8 Å². The normalized spacial score (nSPS) is 19.2. The first-order chi connectivity index (χ1) is 10.1. The second kappa shape index (κ2) is 5.37. The molecule has 3 nitrogen and oxygen atoms in total. The number of thioether (sulfide) groups is 1. The fraction of sp³-hybridized carbons (Fsp3) is 0.176. The summed E-state index contributed by atoms with van der Waals surface area (Å²) < 4.78 is -0.497. The van der Waals surface area contributed by atoms with Gasteiger partial charge < -0.3 is 0 Å². The number of carbonyl (C=O) groups is 1. The van der Waals surface area contributed by atoms with Crippen molar-refractivity contribution >= 4 is 34.2 Å². The highest BCUT2D eigenvalue weighted by molar-refractivity contribution is 8.16. The van der Waals surface area contributed by atoms with Crippen LogP contribution in [0.15, 0.2) is 65.7 Å². The van der Waals surface area contributed by atoms with Crippen molar-refractivity contribution in [3.05, 3.63) is 60.7 Å². The first kappa shape index (κ1) is 13.9. The Morgan fingerprint density at radius 3 is 2.14 bits per heavy atom. The number of anilines is 1. The van der Waals surface area contributed by atoms with Crippen LogP contribution in [0.4, 0.5) is 11.4 Å². The maximum atomic E-state index is 12.7. The first-order valence-electron chi connectivity index (χ1n) is 6.80. The van der Waals surface area contributed by atoms with Gasteiger partial charge in [0.1, 0.15) is 0 Å². The van der Waals surface area contributed by atoms with Gasteiger partial charge in [-0.05, 0) is 38.1 Å². The number of hydrogen-bond donors (Lipinski definition) is 0. The summed E-state index contributed by atoms with van der Waals surface area (Å²) in [6.45, 7) is 3.87. The number of nitrogens with zero attached hydrogens (tertiary/aromatic N) is 2. The Bertz CT molecular complexity index is 680. The van der Waals surface area contributed by atoms with E-state index < -0.39 is 4.75 Å². The third-order valence-corrected chi connectivity index (χ3v) is 4.39. The lowest BCUT2D eigenvalue weighted by Crippen LogP contribution is -2.35. The van der Waals surface area contributed by atoms with Crippen LogP contribution in [0, 0.1) is 0 Å². The molecule has 0 saturated carbocycles. The van der Waals surface area contributed by atoms with E-state index in [-0.39, 0.29) is 5.91 Å². The summed E-state index contributed by atoms with van der Waals surface area (Å²) in [5.41, 5.74) is 1.71. The fourth-order valence-electron chi connectivity index (χ4n) is 2.16. The average molecular weight is 296 g/mol. The van der Waals surface area contributed by atoms with E-state index in [1.807, 2.05) is 74.5 Å². The number of hydrogen-bond acceptors (Lipinski definition) is 3. The van der Waals surface area contributed by atoms with Crippen molar-refractivity contribution in [2.24, 2.45) is 4.99 Å². The van der Waals surface area contributed by atoms with Gasteiger partial charge in [0.2, 0.25) is 5.91 Å². The van der Waals surface area contributed by atoms with Crippen LogP contribution in [0.2, 0.25) is 0 Å². The van der Waals surface area contributed by atoms with E-state index in [0.29, 0.717) is 0 Å². The SMILES string of the molecule is CC1(C)SC(=Nc2ccccc2)N(c2ccccc2)C1=O. The summed E-state index contributed by atoms with van der Waals surface area (Å²) in [5.74, 6) is 0.0633. The molecule has 0 N–H and O–H groups in total. The summed E-state index contributed by atoms with van der Waals surface area (Å²) in [5, 5.41) is 0.724. The average Bonchev–Trinajstić information content (AvgIpc) is 2.71. The van der Waals surface area contributed by atoms with E-state index in [1.54, 1.807) is 4.90 Å². The van der Waals surface area contributed by atoms with Crippen molar-refractivity contribution < 1.29 is 4.79 Å². The highest BCUT2D eigenvalue weighted by Gasteiger charge is 2.45. The minimum absolute atomic E-state index is 0.0633. The molecule has 3 rings (SSSR count). The molecule has 1 aliphatic rings. The predicted molar refractivity (Wildman–Crippen MR) is 89.1 cm³/mol. The van der Waals surface area contributed by atoms with Gasteiger partial charge in [-0.1, -0.05) is 48.2 Å². The first-order valence-corrected chi connectivity index (χ1v) is 7.62. The van der Waals surface area contributed by atoms with Crippen LogP contribution in [0.3, 0.4) is 0 Å². The lowest BCUT2D eigenvalue weighted by molar-refractivity contribution is -0.118. The lowest BCUT2D eigenvalue weighted by Gasteiger charge is -2.17. The zero-order valence-electron chi connectivity index (χ0n) is 12.0. The van der Waals surface area contributed by atoms with E-state index in [0.717, 1.165) is 16.5 Å². The third-order valence-electron chi connectivity index (χ3n) is 3.25. The zero-order chi connectivity index (χ0) is 14.9. The number of rotatable bonds is 2. The van der Waals surface area contributed by atoms with Gasteiger partial charge in [-0.25, -0.2) is 4.99 Å². The zero-order valence-corrected chi connectivity index (χ0v) is 12.8. The molecule has 0 spiro atoms. The van der Waals surface area contributed by atoms with E-state index in [9.17, 15) is 4.79 Å². The molecule has 0 radical (unpaired) electrons.